The van der Waals surface area contributed by atoms with Gasteiger partial charge in [-0.3, -0.25) is 0 Å². The number of hydrogen-bond acceptors (Lipinski definition) is 0. The van der Waals surface area contributed by atoms with Crippen LogP contribution >= 0.6 is 0 Å². The Morgan fingerprint density at radius 1 is 1.18 bits per heavy atom. The topological polar surface area (TPSA) is 0 Å². The molecule has 64 valence electrons. The molecule has 0 saturated heterocycles. The molecule has 2 saturated carbocycles. The third-order valence-corrected chi connectivity index (χ3v) is 3.46. The van der Waals surface area contributed by atoms with Gasteiger partial charge in [0.25, 0.3) is 0 Å². The summed E-state index contributed by atoms with van der Waals surface area (Å²) >= 11 is 0. The summed E-state index contributed by atoms with van der Waals surface area (Å²) in [7, 11) is 0. The summed E-state index contributed by atoms with van der Waals surface area (Å²) in [6, 6.07) is 0. The van der Waals surface area contributed by atoms with Crippen molar-refractivity contribution >= 4 is 0 Å². The average Bonchev–Trinajstić information content (AvgIpc) is 2.85. The van der Waals surface area contributed by atoms with E-state index in [1.54, 1.807) is 38.5 Å². The molecule has 0 aromatic heterocycles. The Labute approximate surface area is 70.4 Å². The molecule has 1 atom stereocenters. The molecule has 2 rings (SSSR count). The lowest BCUT2D eigenvalue weighted by Gasteiger charge is -2.12. The van der Waals surface area contributed by atoms with E-state index < -0.39 is 0 Å². The zero-order valence-electron chi connectivity index (χ0n) is 7.68. The molecule has 0 aliphatic heterocycles. The second kappa shape index (κ2) is 3.16. The molecule has 0 heterocycles. The van der Waals surface area contributed by atoms with Gasteiger partial charge in [0.2, 0.25) is 0 Å². The molecule has 0 amide bonds. The molecule has 2 aliphatic rings. The molecule has 0 spiro atoms. The van der Waals surface area contributed by atoms with E-state index in [0.717, 1.165) is 17.8 Å². The maximum Gasteiger partial charge on any atom is -0.0386 e. The zero-order chi connectivity index (χ0) is 7.68. The van der Waals surface area contributed by atoms with Crippen LogP contribution < -0.4 is 0 Å². The van der Waals surface area contributed by atoms with E-state index in [1.807, 2.05) is 0 Å². The van der Waals surface area contributed by atoms with Crippen molar-refractivity contribution in [3.05, 3.63) is 0 Å². The largest absolute Gasteiger partial charge is 0.0651 e. The Hall–Kier alpha value is 0. The first-order chi connectivity index (χ1) is 5.40. The molecule has 0 aromatic carbocycles. The normalized spacial score (nSPS) is 27.0. The average molecular weight is 152 g/mol. The lowest BCUT2D eigenvalue weighted by atomic mass is 9.94. The van der Waals surface area contributed by atoms with E-state index in [-0.39, 0.29) is 0 Å². The van der Waals surface area contributed by atoms with Crippen LogP contribution in [0.3, 0.4) is 0 Å². The van der Waals surface area contributed by atoms with Crippen LogP contribution in [0, 0.1) is 17.8 Å². The van der Waals surface area contributed by atoms with Crippen LogP contribution in [0.5, 0.6) is 0 Å². The summed E-state index contributed by atoms with van der Waals surface area (Å²) in [5.74, 6) is 3.41. The van der Waals surface area contributed by atoms with Crippen LogP contribution in [0.4, 0.5) is 0 Å². The summed E-state index contributed by atoms with van der Waals surface area (Å²) in [6.45, 7) is 2.37. The minimum atomic E-state index is 1.11. The molecular weight excluding hydrogens is 132 g/mol. The van der Waals surface area contributed by atoms with Gasteiger partial charge in [0, 0.05) is 0 Å². The lowest BCUT2D eigenvalue weighted by molar-refractivity contribution is 0.392. The standard InChI is InChI=1S/C11H20/c1-2-10(11-7-8-11)6-5-9-3-4-9/h9-11H,2-8H2,1H3. The fraction of sp³-hybridized carbons (Fsp3) is 1.00. The van der Waals surface area contributed by atoms with Crippen LogP contribution in [0.2, 0.25) is 0 Å². The van der Waals surface area contributed by atoms with E-state index in [2.05, 4.69) is 6.92 Å². The molecule has 0 N–H and O–H groups in total. The summed E-state index contributed by atoms with van der Waals surface area (Å²) < 4.78 is 0. The summed E-state index contributed by atoms with van der Waals surface area (Å²) in [4.78, 5) is 0. The van der Waals surface area contributed by atoms with Gasteiger partial charge in [-0.25, -0.2) is 0 Å². The first kappa shape index (κ1) is 7.64. The lowest BCUT2D eigenvalue weighted by Crippen LogP contribution is -2.01. The van der Waals surface area contributed by atoms with Gasteiger partial charge >= 0.3 is 0 Å². The third-order valence-electron chi connectivity index (χ3n) is 3.46. The van der Waals surface area contributed by atoms with Gasteiger partial charge < -0.3 is 0 Å². The number of hydrogen-bond donors (Lipinski definition) is 0. The highest BCUT2D eigenvalue weighted by Crippen LogP contribution is 2.43. The molecule has 0 nitrogen and oxygen atoms in total. The maximum absolute atomic E-state index is 2.37. The van der Waals surface area contributed by atoms with Crippen molar-refractivity contribution in [1.82, 2.24) is 0 Å². The Balaban J connectivity index is 1.63. The molecule has 0 bridgehead atoms. The number of rotatable bonds is 5. The second-order valence-corrected chi connectivity index (χ2v) is 4.53. The molecule has 11 heavy (non-hydrogen) atoms. The molecule has 2 fully saturated rings. The second-order valence-electron chi connectivity index (χ2n) is 4.53. The quantitative estimate of drug-likeness (QED) is 0.564. The monoisotopic (exact) mass is 152 g/mol. The fourth-order valence-corrected chi connectivity index (χ4v) is 2.20. The minimum Gasteiger partial charge on any atom is -0.0651 e. The van der Waals surface area contributed by atoms with Crippen LogP contribution in [-0.4, -0.2) is 0 Å². The van der Waals surface area contributed by atoms with Gasteiger partial charge in [-0.2, -0.15) is 0 Å². The van der Waals surface area contributed by atoms with E-state index in [4.69, 9.17) is 0 Å². The van der Waals surface area contributed by atoms with Gasteiger partial charge in [0.1, 0.15) is 0 Å². The van der Waals surface area contributed by atoms with E-state index in [0.29, 0.717) is 0 Å². The van der Waals surface area contributed by atoms with Crippen molar-refractivity contribution in [2.45, 2.75) is 51.9 Å². The van der Waals surface area contributed by atoms with E-state index in [9.17, 15) is 0 Å². The zero-order valence-corrected chi connectivity index (χ0v) is 7.68. The molecule has 0 heteroatoms. The first-order valence-electron chi connectivity index (χ1n) is 5.40. The summed E-state index contributed by atoms with van der Waals surface area (Å²) in [5, 5.41) is 0. The fourth-order valence-electron chi connectivity index (χ4n) is 2.20. The van der Waals surface area contributed by atoms with E-state index >= 15 is 0 Å². The molecule has 0 aromatic rings. The first-order valence-corrected chi connectivity index (χ1v) is 5.40. The maximum atomic E-state index is 2.37. The Morgan fingerprint density at radius 3 is 2.36 bits per heavy atom. The van der Waals surface area contributed by atoms with Crippen molar-refractivity contribution in [1.29, 1.82) is 0 Å². The minimum absolute atomic E-state index is 1.11. The highest BCUT2D eigenvalue weighted by atomic mass is 14.4. The SMILES string of the molecule is CCC(CCC1CC1)C1CC1. The molecule has 0 radical (unpaired) electrons. The molecule has 2 aliphatic carbocycles. The van der Waals surface area contributed by atoms with Gasteiger partial charge in [0.15, 0.2) is 0 Å². The van der Waals surface area contributed by atoms with Crippen LogP contribution in [-0.2, 0) is 0 Å². The Bertz CT molecular complexity index is 120. The van der Waals surface area contributed by atoms with Crippen LogP contribution in [0.25, 0.3) is 0 Å². The van der Waals surface area contributed by atoms with Gasteiger partial charge in [-0.05, 0) is 37.0 Å². The smallest absolute Gasteiger partial charge is 0.0386 e. The third kappa shape index (κ3) is 2.21. The molecule has 1 unspecified atom stereocenters. The van der Waals surface area contributed by atoms with E-state index in [1.165, 1.54) is 6.42 Å². The van der Waals surface area contributed by atoms with Crippen LogP contribution in [0.15, 0.2) is 0 Å². The molecular formula is C11H20. The van der Waals surface area contributed by atoms with Crippen molar-refractivity contribution in [2.24, 2.45) is 17.8 Å². The van der Waals surface area contributed by atoms with Crippen LogP contribution in [0.1, 0.15) is 51.9 Å². The highest BCUT2D eigenvalue weighted by molar-refractivity contribution is 4.82. The predicted molar refractivity (Wildman–Crippen MR) is 48.5 cm³/mol. The predicted octanol–water partition coefficient (Wildman–Crippen LogP) is 3.61. The highest BCUT2D eigenvalue weighted by Gasteiger charge is 2.31. The van der Waals surface area contributed by atoms with Gasteiger partial charge in [0.05, 0.1) is 0 Å². The van der Waals surface area contributed by atoms with Crippen molar-refractivity contribution < 1.29 is 0 Å². The van der Waals surface area contributed by atoms with Gasteiger partial charge in [-0.15, -0.1) is 0 Å². The summed E-state index contributed by atoms with van der Waals surface area (Å²) in [5.41, 5.74) is 0. The van der Waals surface area contributed by atoms with Gasteiger partial charge in [-0.1, -0.05) is 32.6 Å². The van der Waals surface area contributed by atoms with Crippen molar-refractivity contribution in [3.63, 3.8) is 0 Å². The summed E-state index contributed by atoms with van der Waals surface area (Å²) in [6.07, 6.45) is 10.7. The van der Waals surface area contributed by atoms with Crippen molar-refractivity contribution in [3.8, 4) is 0 Å². The van der Waals surface area contributed by atoms with Crippen molar-refractivity contribution in [2.75, 3.05) is 0 Å². The Morgan fingerprint density at radius 2 is 1.91 bits per heavy atom. The Kier molecular flexibility index (Phi) is 2.20.